The van der Waals surface area contributed by atoms with E-state index in [-0.39, 0.29) is 22.4 Å². The van der Waals surface area contributed by atoms with Crippen molar-refractivity contribution >= 4 is 18.2 Å². The highest BCUT2D eigenvalue weighted by Gasteiger charge is 2.36. The first-order valence-corrected chi connectivity index (χ1v) is 13.4. The molecule has 1 aliphatic carbocycles. The van der Waals surface area contributed by atoms with Gasteiger partial charge < -0.3 is 0 Å². The summed E-state index contributed by atoms with van der Waals surface area (Å²) >= 11 is 4.58. The Morgan fingerprint density at radius 2 is 1.92 bits per heavy atom. The van der Waals surface area contributed by atoms with Crippen molar-refractivity contribution in [3.8, 4) is 17.5 Å². The molecule has 2 aromatic heterocycles. The predicted octanol–water partition coefficient (Wildman–Crippen LogP) is 4.87. The van der Waals surface area contributed by atoms with Crippen molar-refractivity contribution in [2.45, 2.75) is 70.8 Å². The van der Waals surface area contributed by atoms with Crippen LogP contribution in [0.15, 0.2) is 42.1 Å². The van der Waals surface area contributed by atoms with E-state index in [0.717, 1.165) is 51.8 Å². The van der Waals surface area contributed by atoms with Crippen molar-refractivity contribution in [2.24, 2.45) is 11.8 Å². The van der Waals surface area contributed by atoms with Crippen LogP contribution in [0, 0.1) is 37.0 Å². The van der Waals surface area contributed by atoms with Crippen LogP contribution in [0.2, 0.25) is 0 Å². The molecule has 2 aliphatic heterocycles. The van der Waals surface area contributed by atoms with Crippen molar-refractivity contribution in [3.05, 3.63) is 58.9 Å². The van der Waals surface area contributed by atoms with Crippen molar-refractivity contribution in [1.82, 2.24) is 30.9 Å². The van der Waals surface area contributed by atoms with Crippen LogP contribution in [0.4, 0.5) is 0 Å². The average Bonchev–Trinajstić information content (AvgIpc) is 3.17. The molecule has 0 saturated carbocycles. The summed E-state index contributed by atoms with van der Waals surface area (Å²) in [4.78, 5) is 4.65. The van der Waals surface area contributed by atoms with Gasteiger partial charge in [-0.25, -0.2) is 10.4 Å². The van der Waals surface area contributed by atoms with Crippen LogP contribution in [-0.2, 0) is 0 Å². The number of nitrogens with zero attached hydrogens (tertiary/aromatic N) is 5. The first kappa shape index (κ1) is 27.5. The summed E-state index contributed by atoms with van der Waals surface area (Å²) in [5.74, 6) is 1.08. The summed E-state index contributed by atoms with van der Waals surface area (Å²) in [5.41, 5.74) is 9.97. The van der Waals surface area contributed by atoms with E-state index < -0.39 is 0 Å². The summed E-state index contributed by atoms with van der Waals surface area (Å²) in [6, 6.07) is 8.40. The maximum Gasteiger partial charge on any atom is 0.112 e. The van der Waals surface area contributed by atoms with E-state index in [1.807, 2.05) is 50.3 Å². The predicted molar refractivity (Wildman–Crippen MR) is 152 cm³/mol. The molecule has 37 heavy (non-hydrogen) atoms. The van der Waals surface area contributed by atoms with E-state index in [1.54, 1.807) is 0 Å². The molecule has 2 aromatic rings. The number of nitriles is 1. The van der Waals surface area contributed by atoms with Gasteiger partial charge in [0.2, 0.25) is 0 Å². The Bertz CT molecular complexity index is 1220. The fraction of sp³-hybridized carbons (Fsp3) is 0.517. The normalized spacial score (nSPS) is 28.8. The Balaban J connectivity index is 0.000000245. The fourth-order valence-corrected chi connectivity index (χ4v) is 6.67. The lowest BCUT2D eigenvalue weighted by atomic mass is 9.82. The van der Waals surface area contributed by atoms with E-state index >= 15 is 0 Å². The third kappa shape index (κ3) is 6.66. The largest absolute Gasteiger partial charge is 0.298 e. The van der Waals surface area contributed by atoms with Crippen LogP contribution < -0.4 is 10.7 Å². The molecule has 2 saturated heterocycles. The molecule has 4 atom stereocenters. The molecule has 0 bridgehead atoms. The number of aryl methyl sites for hydroxylation is 2. The second-order valence-corrected chi connectivity index (χ2v) is 12.7. The molecular weight excluding hydrogens is 478 g/mol. The Morgan fingerprint density at radius 1 is 1.16 bits per heavy atom. The van der Waals surface area contributed by atoms with E-state index in [0.29, 0.717) is 0 Å². The molecule has 0 radical (unpaired) electrons. The Morgan fingerprint density at radius 3 is 2.51 bits per heavy atom. The molecule has 4 heterocycles. The number of hydrogen-bond donors (Lipinski definition) is 3. The maximum atomic E-state index is 9.52. The van der Waals surface area contributed by atoms with E-state index in [4.69, 9.17) is 0 Å². The van der Waals surface area contributed by atoms with Crippen molar-refractivity contribution in [2.75, 3.05) is 13.6 Å². The van der Waals surface area contributed by atoms with Gasteiger partial charge in [0.25, 0.3) is 0 Å². The quantitative estimate of drug-likeness (QED) is 0.490. The molecule has 5 rings (SSSR count). The zero-order chi connectivity index (χ0) is 27.0. The smallest absolute Gasteiger partial charge is 0.112 e. The van der Waals surface area contributed by atoms with Crippen molar-refractivity contribution < 1.29 is 0 Å². The minimum absolute atomic E-state index is 0.0289. The number of thiol groups is 1. The minimum atomic E-state index is 0.0289. The molecule has 0 amide bonds. The number of aromatic nitrogens is 3. The molecule has 3 aliphatic rings. The van der Waals surface area contributed by atoms with E-state index in [1.165, 1.54) is 12.8 Å². The number of hydrogen-bond acceptors (Lipinski definition) is 8. The Labute approximate surface area is 226 Å². The van der Waals surface area contributed by atoms with Crippen LogP contribution in [0.25, 0.3) is 17.0 Å². The van der Waals surface area contributed by atoms with E-state index in [9.17, 15) is 5.26 Å². The molecule has 0 aromatic carbocycles. The zero-order valence-electron chi connectivity index (χ0n) is 23.0. The monoisotopic (exact) mass is 517 g/mol. The molecule has 2 N–H and O–H groups in total. The summed E-state index contributed by atoms with van der Waals surface area (Å²) in [6.07, 6.45) is 8.48. The molecule has 8 heteroatoms. The molecule has 4 unspecified atom stereocenters. The van der Waals surface area contributed by atoms with E-state index in [2.05, 4.69) is 84.5 Å². The van der Waals surface area contributed by atoms with Gasteiger partial charge in [-0.1, -0.05) is 13.0 Å². The van der Waals surface area contributed by atoms with Gasteiger partial charge in [0.1, 0.15) is 5.69 Å². The lowest BCUT2D eigenvalue weighted by molar-refractivity contribution is 0.183. The highest BCUT2D eigenvalue weighted by Crippen LogP contribution is 2.35. The highest BCUT2D eigenvalue weighted by molar-refractivity contribution is 7.81. The van der Waals surface area contributed by atoms with Gasteiger partial charge >= 0.3 is 0 Å². The van der Waals surface area contributed by atoms with Gasteiger partial charge in [0.15, 0.2) is 0 Å². The first-order valence-electron chi connectivity index (χ1n) is 13.0. The van der Waals surface area contributed by atoms with Gasteiger partial charge in [0.05, 0.1) is 28.4 Å². The minimum Gasteiger partial charge on any atom is -0.298 e. The van der Waals surface area contributed by atoms with Gasteiger partial charge in [-0.3, -0.25) is 10.3 Å². The summed E-state index contributed by atoms with van der Waals surface area (Å²) in [5, 5.41) is 23.4. The van der Waals surface area contributed by atoms with Gasteiger partial charge in [-0.2, -0.15) is 23.0 Å². The number of nitrogens with one attached hydrogen (secondary N) is 2. The number of pyridine rings is 1. The van der Waals surface area contributed by atoms with Gasteiger partial charge in [-0.15, -0.1) is 5.10 Å². The first-order chi connectivity index (χ1) is 17.4. The maximum absolute atomic E-state index is 9.52. The third-order valence-electron chi connectivity index (χ3n) is 7.11. The number of rotatable bonds is 2. The van der Waals surface area contributed by atoms with Crippen LogP contribution in [-0.4, -0.2) is 50.2 Å². The van der Waals surface area contributed by atoms with Gasteiger partial charge in [0, 0.05) is 42.4 Å². The summed E-state index contributed by atoms with van der Waals surface area (Å²) in [6.45, 7) is 13.8. The van der Waals surface area contributed by atoms with Crippen LogP contribution in [0.1, 0.15) is 57.4 Å². The molecule has 2 fully saturated rings. The number of piperidine rings is 1. The standard InChI is InChI=1S/C20H20N6.C9H19NS/c1-12-6-16(10-22-19(12)18-5-4-13(2)23-24-18)14-7-15(9-21)20-17(8-14)11-26(3)25-20;1-7-5-8(2,3)10-9(4,11)6-7/h4-8,10,17,20,25H,11H2,1-3H3;7,10-11H,5-6H2,1-4H3. The SMILES string of the molecule is CC1CC(C)(C)NC(C)(S)C1.Cc1ccc(-c2ncc(C3=CC4CN(C)NC4C(C#N)=C3)cc2C)nn1. The second-order valence-electron chi connectivity index (χ2n) is 11.7. The lowest BCUT2D eigenvalue weighted by Crippen LogP contribution is -2.56. The summed E-state index contributed by atoms with van der Waals surface area (Å²) in [7, 11) is 2.00. The number of hydrazine groups is 1. The van der Waals surface area contributed by atoms with Crippen molar-refractivity contribution in [3.63, 3.8) is 0 Å². The van der Waals surface area contributed by atoms with Crippen LogP contribution in [0.3, 0.4) is 0 Å². The zero-order valence-corrected chi connectivity index (χ0v) is 23.9. The Kier molecular flexibility index (Phi) is 7.91. The lowest BCUT2D eigenvalue weighted by Gasteiger charge is -2.44. The fourth-order valence-electron chi connectivity index (χ4n) is 6.05. The summed E-state index contributed by atoms with van der Waals surface area (Å²) < 4.78 is 0. The average molecular weight is 518 g/mol. The van der Waals surface area contributed by atoms with Gasteiger partial charge in [-0.05, 0) is 88.8 Å². The highest BCUT2D eigenvalue weighted by atomic mass is 32.1. The molecule has 0 spiro atoms. The van der Waals surface area contributed by atoms with Crippen LogP contribution >= 0.6 is 12.6 Å². The van der Waals surface area contributed by atoms with Crippen molar-refractivity contribution in [1.29, 1.82) is 5.26 Å². The number of allylic oxidation sites excluding steroid dienone is 2. The molecule has 196 valence electrons. The Hall–Kier alpha value is -2.57. The molecule has 7 nitrogen and oxygen atoms in total. The molecular formula is C29H39N7S. The topological polar surface area (TPSA) is 89.8 Å². The van der Waals surface area contributed by atoms with Crippen LogP contribution in [0.5, 0.6) is 0 Å². The third-order valence-corrected chi connectivity index (χ3v) is 7.40. The second kappa shape index (κ2) is 10.7. The number of fused-ring (bicyclic) bond motifs is 1.